The van der Waals surface area contributed by atoms with E-state index in [9.17, 15) is 0 Å². The van der Waals surface area contributed by atoms with Crippen LogP contribution in [0.5, 0.6) is 0 Å². The molecule has 102 valence electrons. The van der Waals surface area contributed by atoms with E-state index in [1.807, 2.05) is 31.5 Å². The maximum absolute atomic E-state index is 5.35. The summed E-state index contributed by atoms with van der Waals surface area (Å²) in [6.07, 6.45) is 4.80. The number of benzene rings is 1. The molecule has 0 radical (unpaired) electrons. The number of nitrogens with zero attached hydrogens (tertiary/aromatic N) is 2. The van der Waals surface area contributed by atoms with Crippen molar-refractivity contribution < 1.29 is 4.74 Å². The first kappa shape index (κ1) is 14.3. The van der Waals surface area contributed by atoms with Gasteiger partial charge in [0.1, 0.15) is 0 Å². The van der Waals surface area contributed by atoms with Gasteiger partial charge in [0.15, 0.2) is 0 Å². The Morgan fingerprint density at radius 2 is 2.32 bits per heavy atom. The normalized spacial score (nSPS) is 10.6. The van der Waals surface area contributed by atoms with E-state index in [1.54, 1.807) is 0 Å². The van der Waals surface area contributed by atoms with Crippen molar-refractivity contribution in [1.29, 1.82) is 0 Å². The third kappa shape index (κ3) is 4.50. The molecule has 5 heteroatoms. The molecular weight excluding hydrogens is 353 g/mol. The SMILES string of the molecule is CCOCCCn1ccnc1Nc1cccc(I)c1. The lowest BCUT2D eigenvalue weighted by atomic mass is 10.3. The smallest absolute Gasteiger partial charge is 0.207 e. The summed E-state index contributed by atoms with van der Waals surface area (Å²) in [7, 11) is 0. The minimum Gasteiger partial charge on any atom is -0.382 e. The largest absolute Gasteiger partial charge is 0.382 e. The molecule has 1 aromatic heterocycles. The fourth-order valence-corrected chi connectivity index (χ4v) is 2.33. The summed E-state index contributed by atoms with van der Waals surface area (Å²) in [5, 5.41) is 3.34. The van der Waals surface area contributed by atoms with Gasteiger partial charge in [0.25, 0.3) is 0 Å². The Kier molecular flexibility index (Phi) is 5.65. The summed E-state index contributed by atoms with van der Waals surface area (Å²) < 4.78 is 8.67. The maximum Gasteiger partial charge on any atom is 0.207 e. The molecule has 1 N–H and O–H groups in total. The second-order valence-corrected chi connectivity index (χ2v) is 5.38. The first-order valence-electron chi connectivity index (χ1n) is 6.41. The van der Waals surface area contributed by atoms with Crippen molar-refractivity contribution in [2.45, 2.75) is 19.9 Å². The van der Waals surface area contributed by atoms with Gasteiger partial charge in [0, 0.05) is 41.4 Å². The van der Waals surface area contributed by atoms with Crippen LogP contribution in [-0.2, 0) is 11.3 Å². The van der Waals surface area contributed by atoms with E-state index >= 15 is 0 Å². The molecule has 1 heterocycles. The van der Waals surface area contributed by atoms with Gasteiger partial charge in [-0.3, -0.25) is 0 Å². The van der Waals surface area contributed by atoms with Crippen LogP contribution in [0.2, 0.25) is 0 Å². The molecular formula is C14H18IN3O. The molecule has 0 saturated heterocycles. The van der Waals surface area contributed by atoms with Gasteiger partial charge in [-0.25, -0.2) is 4.98 Å². The molecule has 0 atom stereocenters. The van der Waals surface area contributed by atoms with Crippen LogP contribution in [0.3, 0.4) is 0 Å². The third-order valence-corrected chi connectivity index (χ3v) is 3.36. The highest BCUT2D eigenvalue weighted by molar-refractivity contribution is 14.1. The summed E-state index contributed by atoms with van der Waals surface area (Å²) >= 11 is 2.30. The van der Waals surface area contributed by atoms with Crippen LogP contribution >= 0.6 is 22.6 Å². The van der Waals surface area contributed by atoms with Crippen LogP contribution < -0.4 is 5.32 Å². The molecule has 0 amide bonds. The number of aromatic nitrogens is 2. The van der Waals surface area contributed by atoms with Crippen LogP contribution in [-0.4, -0.2) is 22.8 Å². The lowest BCUT2D eigenvalue weighted by Crippen LogP contribution is -2.06. The standard InChI is InChI=1S/C14H18IN3O/c1-2-19-10-4-8-18-9-7-16-14(18)17-13-6-3-5-12(15)11-13/h3,5-7,9,11H,2,4,8,10H2,1H3,(H,16,17). The fraction of sp³-hybridized carbons (Fsp3) is 0.357. The predicted octanol–water partition coefficient (Wildman–Crippen LogP) is 3.66. The Morgan fingerprint density at radius 1 is 1.42 bits per heavy atom. The number of nitrogens with one attached hydrogen (secondary N) is 1. The minimum atomic E-state index is 0.775. The zero-order valence-electron chi connectivity index (χ0n) is 11.0. The van der Waals surface area contributed by atoms with Crippen LogP contribution in [0.25, 0.3) is 0 Å². The number of rotatable bonds is 7. The molecule has 1 aromatic carbocycles. The average Bonchev–Trinajstić information content (AvgIpc) is 2.82. The Bertz CT molecular complexity index is 513. The molecule has 0 saturated carbocycles. The Labute approximate surface area is 127 Å². The highest BCUT2D eigenvalue weighted by Gasteiger charge is 2.03. The van der Waals surface area contributed by atoms with Crippen molar-refractivity contribution >= 4 is 34.2 Å². The Hall–Kier alpha value is -1.08. The lowest BCUT2D eigenvalue weighted by Gasteiger charge is -2.10. The average molecular weight is 371 g/mol. The van der Waals surface area contributed by atoms with Crippen LogP contribution in [0, 0.1) is 3.57 Å². The van der Waals surface area contributed by atoms with Gasteiger partial charge in [0.05, 0.1) is 0 Å². The molecule has 4 nitrogen and oxygen atoms in total. The minimum absolute atomic E-state index is 0.775. The van der Waals surface area contributed by atoms with Crippen LogP contribution in [0.15, 0.2) is 36.7 Å². The molecule has 19 heavy (non-hydrogen) atoms. The molecule has 2 aromatic rings. The van der Waals surface area contributed by atoms with Gasteiger partial charge in [-0.2, -0.15) is 0 Å². The number of ether oxygens (including phenoxy) is 1. The summed E-state index contributed by atoms with van der Waals surface area (Å²) in [6, 6.07) is 8.24. The summed E-state index contributed by atoms with van der Waals surface area (Å²) in [5.74, 6) is 0.874. The van der Waals surface area contributed by atoms with Crippen molar-refractivity contribution in [3.63, 3.8) is 0 Å². The van der Waals surface area contributed by atoms with E-state index in [0.717, 1.165) is 37.8 Å². The summed E-state index contributed by atoms with van der Waals surface area (Å²) in [4.78, 5) is 4.35. The van der Waals surface area contributed by atoms with E-state index in [-0.39, 0.29) is 0 Å². The van der Waals surface area contributed by atoms with Crippen LogP contribution in [0.1, 0.15) is 13.3 Å². The van der Waals surface area contributed by atoms with E-state index in [0.29, 0.717) is 0 Å². The predicted molar refractivity (Wildman–Crippen MR) is 85.8 cm³/mol. The monoisotopic (exact) mass is 371 g/mol. The van der Waals surface area contributed by atoms with E-state index in [1.165, 1.54) is 3.57 Å². The number of imidazole rings is 1. The zero-order valence-corrected chi connectivity index (χ0v) is 13.1. The Morgan fingerprint density at radius 3 is 3.11 bits per heavy atom. The second-order valence-electron chi connectivity index (χ2n) is 4.13. The Balaban J connectivity index is 1.95. The first-order valence-corrected chi connectivity index (χ1v) is 7.49. The number of anilines is 2. The number of halogens is 1. The second kappa shape index (κ2) is 7.49. The molecule has 0 aliphatic carbocycles. The quantitative estimate of drug-likeness (QED) is 0.597. The van der Waals surface area contributed by atoms with Crippen molar-refractivity contribution in [3.8, 4) is 0 Å². The first-order chi connectivity index (χ1) is 9.29. The van der Waals surface area contributed by atoms with Gasteiger partial charge in [0.2, 0.25) is 5.95 Å². The topological polar surface area (TPSA) is 39.1 Å². The number of aryl methyl sites for hydroxylation is 1. The maximum atomic E-state index is 5.35. The highest BCUT2D eigenvalue weighted by atomic mass is 127. The van der Waals surface area contributed by atoms with Crippen molar-refractivity contribution in [2.75, 3.05) is 18.5 Å². The zero-order chi connectivity index (χ0) is 13.5. The molecule has 2 rings (SSSR count). The third-order valence-electron chi connectivity index (χ3n) is 2.69. The summed E-state index contributed by atoms with van der Waals surface area (Å²) in [5.41, 5.74) is 1.06. The van der Waals surface area contributed by atoms with Crippen molar-refractivity contribution in [2.24, 2.45) is 0 Å². The van der Waals surface area contributed by atoms with Gasteiger partial charge in [-0.1, -0.05) is 6.07 Å². The van der Waals surface area contributed by atoms with Gasteiger partial charge < -0.3 is 14.6 Å². The van der Waals surface area contributed by atoms with Gasteiger partial charge >= 0.3 is 0 Å². The van der Waals surface area contributed by atoms with E-state index in [2.05, 4.69) is 49.6 Å². The van der Waals surface area contributed by atoms with Gasteiger partial charge in [-0.05, 0) is 54.1 Å². The lowest BCUT2D eigenvalue weighted by molar-refractivity contribution is 0.142. The van der Waals surface area contributed by atoms with Gasteiger partial charge in [-0.15, -0.1) is 0 Å². The molecule has 0 unspecified atom stereocenters. The van der Waals surface area contributed by atoms with E-state index < -0.39 is 0 Å². The van der Waals surface area contributed by atoms with Crippen molar-refractivity contribution in [3.05, 3.63) is 40.2 Å². The highest BCUT2D eigenvalue weighted by Crippen LogP contribution is 2.17. The fourth-order valence-electron chi connectivity index (χ4n) is 1.79. The van der Waals surface area contributed by atoms with E-state index in [4.69, 9.17) is 4.74 Å². The van der Waals surface area contributed by atoms with Crippen molar-refractivity contribution in [1.82, 2.24) is 9.55 Å². The van der Waals surface area contributed by atoms with Crippen LogP contribution in [0.4, 0.5) is 11.6 Å². The molecule has 0 spiro atoms. The molecule has 0 aliphatic heterocycles. The molecule has 0 aliphatic rings. The number of hydrogen-bond acceptors (Lipinski definition) is 3. The molecule has 0 bridgehead atoms. The summed E-state index contributed by atoms with van der Waals surface area (Å²) in [6.45, 7) is 4.49. The molecule has 0 fully saturated rings. The number of hydrogen-bond donors (Lipinski definition) is 1.